The lowest BCUT2D eigenvalue weighted by Gasteiger charge is -2.04. The van der Waals surface area contributed by atoms with Gasteiger partial charge in [-0.15, -0.1) is 0 Å². The quantitative estimate of drug-likeness (QED) is 0.811. The van der Waals surface area contributed by atoms with Crippen LogP contribution in [-0.4, -0.2) is 10.9 Å². The number of nitrogens with zero attached hydrogens (tertiary/aromatic N) is 1. The SMILES string of the molecule is Nc1ccncc1C(=O)Nc1ccsc1. The van der Waals surface area contributed by atoms with Gasteiger partial charge in [0.15, 0.2) is 0 Å². The Kier molecular flexibility index (Phi) is 2.64. The molecule has 0 spiro atoms. The lowest BCUT2D eigenvalue weighted by molar-refractivity contribution is 0.102. The topological polar surface area (TPSA) is 68.0 Å². The van der Waals surface area contributed by atoms with Crippen LogP contribution in [-0.2, 0) is 0 Å². The molecule has 4 nitrogen and oxygen atoms in total. The number of pyridine rings is 1. The number of hydrogen-bond donors (Lipinski definition) is 2. The van der Waals surface area contributed by atoms with Crippen LogP contribution in [0.2, 0.25) is 0 Å². The minimum absolute atomic E-state index is 0.237. The predicted molar refractivity (Wildman–Crippen MR) is 60.9 cm³/mol. The Morgan fingerprint density at radius 1 is 1.47 bits per heavy atom. The standard InChI is InChI=1S/C10H9N3OS/c11-9-1-3-12-5-8(9)10(14)13-7-2-4-15-6-7/h1-6H,(H2,11,12)(H,13,14). The average Bonchev–Trinajstić information content (AvgIpc) is 2.71. The molecule has 0 saturated heterocycles. The molecule has 0 saturated carbocycles. The summed E-state index contributed by atoms with van der Waals surface area (Å²) in [4.78, 5) is 15.6. The second-order valence-electron chi connectivity index (χ2n) is 2.93. The fourth-order valence-electron chi connectivity index (χ4n) is 1.13. The second kappa shape index (κ2) is 4.10. The van der Waals surface area contributed by atoms with Crippen molar-refractivity contribution in [2.45, 2.75) is 0 Å². The number of carbonyl (C=O) groups excluding carboxylic acids is 1. The molecule has 0 bridgehead atoms. The van der Waals surface area contributed by atoms with E-state index in [0.717, 1.165) is 5.69 Å². The van der Waals surface area contributed by atoms with E-state index in [-0.39, 0.29) is 5.91 Å². The number of nitrogen functional groups attached to an aromatic ring is 1. The molecule has 0 aliphatic carbocycles. The van der Waals surface area contributed by atoms with Gasteiger partial charge in [0.2, 0.25) is 0 Å². The summed E-state index contributed by atoms with van der Waals surface area (Å²) < 4.78 is 0. The lowest BCUT2D eigenvalue weighted by atomic mass is 10.2. The van der Waals surface area contributed by atoms with E-state index in [2.05, 4.69) is 10.3 Å². The van der Waals surface area contributed by atoms with Crippen molar-refractivity contribution >= 4 is 28.6 Å². The number of nitrogens with two attached hydrogens (primary N) is 1. The maximum absolute atomic E-state index is 11.7. The monoisotopic (exact) mass is 219 g/mol. The summed E-state index contributed by atoms with van der Waals surface area (Å²) in [5.41, 5.74) is 7.24. The molecule has 0 atom stereocenters. The minimum atomic E-state index is -0.237. The minimum Gasteiger partial charge on any atom is -0.398 e. The fraction of sp³-hybridized carbons (Fsp3) is 0. The summed E-state index contributed by atoms with van der Waals surface area (Å²) in [5, 5.41) is 6.47. The normalized spacial score (nSPS) is 9.87. The van der Waals surface area contributed by atoms with Crippen molar-refractivity contribution in [1.29, 1.82) is 0 Å². The Balaban J connectivity index is 2.19. The third-order valence-corrected chi connectivity index (χ3v) is 2.56. The van der Waals surface area contributed by atoms with Gasteiger partial charge < -0.3 is 11.1 Å². The molecule has 0 unspecified atom stereocenters. The van der Waals surface area contributed by atoms with E-state index < -0.39 is 0 Å². The number of aromatic nitrogens is 1. The zero-order valence-corrected chi connectivity index (χ0v) is 8.62. The largest absolute Gasteiger partial charge is 0.398 e. The highest BCUT2D eigenvalue weighted by atomic mass is 32.1. The lowest BCUT2D eigenvalue weighted by Crippen LogP contribution is -2.13. The summed E-state index contributed by atoms with van der Waals surface area (Å²) in [7, 11) is 0. The van der Waals surface area contributed by atoms with Gasteiger partial charge in [0, 0.05) is 23.5 Å². The van der Waals surface area contributed by atoms with Gasteiger partial charge in [-0.05, 0) is 17.5 Å². The van der Waals surface area contributed by atoms with Crippen LogP contribution in [0.15, 0.2) is 35.3 Å². The van der Waals surface area contributed by atoms with Crippen molar-refractivity contribution in [1.82, 2.24) is 4.98 Å². The molecule has 2 aromatic heterocycles. The molecule has 5 heteroatoms. The zero-order valence-electron chi connectivity index (χ0n) is 7.81. The van der Waals surface area contributed by atoms with Gasteiger partial charge in [-0.25, -0.2) is 0 Å². The fourth-order valence-corrected chi connectivity index (χ4v) is 1.72. The van der Waals surface area contributed by atoms with E-state index in [1.807, 2.05) is 16.8 Å². The molecular weight excluding hydrogens is 210 g/mol. The Morgan fingerprint density at radius 3 is 3.00 bits per heavy atom. The van der Waals surface area contributed by atoms with Crippen molar-refractivity contribution < 1.29 is 4.79 Å². The van der Waals surface area contributed by atoms with Crippen molar-refractivity contribution in [2.24, 2.45) is 0 Å². The van der Waals surface area contributed by atoms with Gasteiger partial charge in [-0.1, -0.05) is 0 Å². The van der Waals surface area contributed by atoms with Crippen LogP contribution in [0.1, 0.15) is 10.4 Å². The van der Waals surface area contributed by atoms with Crippen molar-refractivity contribution in [3.8, 4) is 0 Å². The highest BCUT2D eigenvalue weighted by Gasteiger charge is 2.09. The van der Waals surface area contributed by atoms with Gasteiger partial charge in [0.1, 0.15) is 0 Å². The highest BCUT2D eigenvalue weighted by Crippen LogP contribution is 2.15. The first-order valence-electron chi connectivity index (χ1n) is 4.30. The Bertz CT molecular complexity index is 467. The molecular formula is C10H9N3OS. The molecule has 0 radical (unpaired) electrons. The highest BCUT2D eigenvalue weighted by molar-refractivity contribution is 7.08. The average molecular weight is 219 g/mol. The summed E-state index contributed by atoms with van der Waals surface area (Å²) in [5.74, 6) is -0.237. The van der Waals surface area contributed by atoms with Crippen LogP contribution in [0.5, 0.6) is 0 Å². The molecule has 2 rings (SSSR count). The molecule has 2 aromatic rings. The number of carbonyl (C=O) groups is 1. The van der Waals surface area contributed by atoms with E-state index in [9.17, 15) is 4.79 Å². The maximum Gasteiger partial charge on any atom is 0.259 e. The smallest absolute Gasteiger partial charge is 0.259 e. The van der Waals surface area contributed by atoms with Crippen LogP contribution in [0, 0.1) is 0 Å². The summed E-state index contributed by atoms with van der Waals surface area (Å²) in [6, 6.07) is 3.43. The number of amides is 1. The molecule has 15 heavy (non-hydrogen) atoms. The van der Waals surface area contributed by atoms with E-state index in [1.54, 1.807) is 12.3 Å². The van der Waals surface area contributed by atoms with Gasteiger partial charge in [-0.3, -0.25) is 9.78 Å². The number of hydrogen-bond acceptors (Lipinski definition) is 4. The molecule has 1 amide bonds. The Labute approximate surface area is 90.8 Å². The van der Waals surface area contributed by atoms with Crippen LogP contribution in [0.4, 0.5) is 11.4 Å². The van der Waals surface area contributed by atoms with E-state index >= 15 is 0 Å². The molecule has 0 aliphatic heterocycles. The van der Waals surface area contributed by atoms with Crippen molar-refractivity contribution in [2.75, 3.05) is 11.1 Å². The molecule has 76 valence electrons. The first-order chi connectivity index (χ1) is 7.27. The Morgan fingerprint density at radius 2 is 2.33 bits per heavy atom. The third kappa shape index (κ3) is 2.13. The summed E-state index contributed by atoms with van der Waals surface area (Å²) >= 11 is 1.52. The van der Waals surface area contributed by atoms with Crippen LogP contribution < -0.4 is 11.1 Å². The second-order valence-corrected chi connectivity index (χ2v) is 3.71. The number of rotatable bonds is 2. The summed E-state index contributed by atoms with van der Waals surface area (Å²) in [6.45, 7) is 0. The van der Waals surface area contributed by atoms with Crippen molar-refractivity contribution in [3.63, 3.8) is 0 Å². The Hall–Kier alpha value is -1.88. The van der Waals surface area contributed by atoms with E-state index in [1.165, 1.54) is 17.5 Å². The maximum atomic E-state index is 11.7. The van der Waals surface area contributed by atoms with E-state index in [4.69, 9.17) is 5.73 Å². The predicted octanol–water partition coefficient (Wildman–Crippen LogP) is 1.98. The molecule has 2 heterocycles. The van der Waals surface area contributed by atoms with Crippen molar-refractivity contribution in [3.05, 3.63) is 40.8 Å². The number of anilines is 2. The molecule has 0 fully saturated rings. The van der Waals surface area contributed by atoms with Gasteiger partial charge >= 0.3 is 0 Å². The molecule has 3 N–H and O–H groups in total. The van der Waals surface area contributed by atoms with E-state index in [0.29, 0.717) is 11.3 Å². The number of nitrogens with one attached hydrogen (secondary N) is 1. The van der Waals surface area contributed by atoms with Crippen LogP contribution in [0.25, 0.3) is 0 Å². The first kappa shape index (κ1) is 9.67. The molecule has 0 aromatic carbocycles. The van der Waals surface area contributed by atoms with Gasteiger partial charge in [0.25, 0.3) is 5.91 Å². The first-order valence-corrected chi connectivity index (χ1v) is 5.24. The molecule has 0 aliphatic rings. The zero-order chi connectivity index (χ0) is 10.7. The van der Waals surface area contributed by atoms with Gasteiger partial charge in [-0.2, -0.15) is 11.3 Å². The van der Waals surface area contributed by atoms with Crippen LogP contribution in [0.3, 0.4) is 0 Å². The third-order valence-electron chi connectivity index (χ3n) is 1.88. The van der Waals surface area contributed by atoms with Crippen LogP contribution >= 0.6 is 11.3 Å². The number of thiophene rings is 1. The van der Waals surface area contributed by atoms with Gasteiger partial charge in [0.05, 0.1) is 11.3 Å². The summed E-state index contributed by atoms with van der Waals surface area (Å²) in [6.07, 6.45) is 3.01.